The van der Waals surface area contributed by atoms with Gasteiger partial charge in [-0.2, -0.15) is 15.2 Å². The fourth-order valence-corrected chi connectivity index (χ4v) is 2.61. The van der Waals surface area contributed by atoms with Gasteiger partial charge in [0.1, 0.15) is 6.07 Å². The molecule has 0 unspecified atom stereocenters. The average molecular weight is 315 g/mol. The topological polar surface area (TPSA) is 92.0 Å². The van der Waals surface area contributed by atoms with E-state index in [9.17, 15) is 5.26 Å². The highest BCUT2D eigenvalue weighted by atomic mass is 32.1. The number of aryl methyl sites for hydroxylation is 1. The van der Waals surface area contributed by atoms with Gasteiger partial charge in [-0.15, -0.1) is 11.3 Å². The first-order chi connectivity index (χ1) is 10.7. The molecule has 0 aliphatic carbocycles. The van der Waals surface area contributed by atoms with Crippen LogP contribution in [-0.2, 0) is 6.42 Å². The summed E-state index contributed by atoms with van der Waals surface area (Å²) in [7, 11) is 1.84. The van der Waals surface area contributed by atoms with Crippen LogP contribution in [-0.4, -0.2) is 28.7 Å². The third-order valence-corrected chi connectivity index (χ3v) is 3.89. The molecular weight excluding hydrogens is 302 g/mol. The molecule has 0 saturated heterocycles. The molecule has 7 nitrogen and oxygen atoms in total. The first-order valence-corrected chi connectivity index (χ1v) is 7.50. The number of hydrogen-bond acceptors (Lipinski definition) is 8. The Morgan fingerprint density at radius 2 is 2.27 bits per heavy atom. The van der Waals surface area contributed by atoms with Gasteiger partial charge in [0.15, 0.2) is 5.82 Å². The van der Waals surface area contributed by atoms with E-state index in [-0.39, 0.29) is 5.69 Å². The summed E-state index contributed by atoms with van der Waals surface area (Å²) >= 11 is 1.52. The number of nitriles is 1. The third-order valence-electron chi connectivity index (χ3n) is 3.03. The number of oxazole rings is 1. The second-order valence-electron chi connectivity index (χ2n) is 4.66. The largest absolute Gasteiger partial charge is 0.418 e. The van der Waals surface area contributed by atoms with Crippen molar-refractivity contribution in [3.8, 4) is 16.8 Å². The number of hydrogen-bond donors (Lipinski definition) is 0. The molecule has 0 bridgehead atoms. The monoisotopic (exact) mass is 315 g/mol. The van der Waals surface area contributed by atoms with Crippen LogP contribution in [0, 0.1) is 18.3 Å². The zero-order valence-electron chi connectivity index (χ0n) is 12.1. The van der Waals surface area contributed by atoms with Crippen LogP contribution in [0.15, 0.2) is 26.5 Å². The van der Waals surface area contributed by atoms with Crippen molar-refractivity contribution in [2.75, 3.05) is 18.5 Å². The average Bonchev–Trinajstić information content (AvgIpc) is 3.24. The van der Waals surface area contributed by atoms with Gasteiger partial charge in [-0.25, -0.2) is 0 Å². The molecule has 0 aliphatic heterocycles. The maximum absolute atomic E-state index is 9.23. The van der Waals surface area contributed by atoms with E-state index in [1.54, 1.807) is 6.92 Å². The number of aromatic nitrogens is 3. The van der Waals surface area contributed by atoms with Crippen LogP contribution < -0.4 is 4.90 Å². The van der Waals surface area contributed by atoms with Crippen molar-refractivity contribution in [1.82, 2.24) is 15.1 Å². The van der Waals surface area contributed by atoms with Gasteiger partial charge in [0.2, 0.25) is 23.4 Å². The summed E-state index contributed by atoms with van der Waals surface area (Å²) in [4.78, 5) is 11.1. The summed E-state index contributed by atoms with van der Waals surface area (Å²) < 4.78 is 10.7. The van der Waals surface area contributed by atoms with Crippen molar-refractivity contribution in [1.29, 1.82) is 5.26 Å². The fraction of sp³-hybridized carbons (Fsp3) is 0.286. The number of likely N-dealkylation sites (N-methyl/N-ethyl adjacent to an activating group) is 1. The summed E-state index contributed by atoms with van der Waals surface area (Å²) in [6.45, 7) is 2.34. The van der Waals surface area contributed by atoms with Crippen molar-refractivity contribution < 1.29 is 8.94 Å². The molecule has 0 spiro atoms. The number of nitrogens with zero attached hydrogens (tertiary/aromatic N) is 5. The normalized spacial score (nSPS) is 10.6. The molecule has 0 saturated carbocycles. The summed E-state index contributed by atoms with van der Waals surface area (Å²) in [5.74, 6) is 2.07. The second-order valence-corrected chi connectivity index (χ2v) is 5.61. The minimum absolute atomic E-state index is 0.273. The highest BCUT2D eigenvalue weighted by molar-refractivity contribution is 7.13. The highest BCUT2D eigenvalue weighted by Crippen LogP contribution is 2.30. The van der Waals surface area contributed by atoms with E-state index in [0.29, 0.717) is 36.5 Å². The minimum atomic E-state index is 0.273. The third kappa shape index (κ3) is 2.84. The van der Waals surface area contributed by atoms with Gasteiger partial charge in [0, 0.05) is 26.9 Å². The second kappa shape index (κ2) is 5.99. The summed E-state index contributed by atoms with van der Waals surface area (Å²) in [6, 6.07) is 5.89. The summed E-state index contributed by atoms with van der Waals surface area (Å²) in [5, 5.41) is 15.0. The molecular formula is C14H13N5O2S. The van der Waals surface area contributed by atoms with E-state index in [1.165, 1.54) is 11.3 Å². The molecule has 0 fully saturated rings. The van der Waals surface area contributed by atoms with Crippen LogP contribution in [0.1, 0.15) is 17.4 Å². The van der Waals surface area contributed by atoms with Gasteiger partial charge in [-0.1, -0.05) is 11.2 Å². The number of thiophene rings is 1. The van der Waals surface area contributed by atoms with E-state index in [0.717, 1.165) is 4.88 Å². The van der Waals surface area contributed by atoms with Crippen molar-refractivity contribution >= 4 is 17.2 Å². The molecule has 22 heavy (non-hydrogen) atoms. The smallest absolute Gasteiger partial charge is 0.240 e. The Hall–Kier alpha value is -2.66. The van der Waals surface area contributed by atoms with Crippen LogP contribution in [0.4, 0.5) is 5.88 Å². The lowest BCUT2D eigenvalue weighted by Gasteiger charge is -2.14. The van der Waals surface area contributed by atoms with Crippen LogP contribution in [0.3, 0.4) is 0 Å². The molecule has 3 heterocycles. The van der Waals surface area contributed by atoms with Crippen molar-refractivity contribution in [2.24, 2.45) is 0 Å². The minimum Gasteiger partial charge on any atom is -0.418 e. The van der Waals surface area contributed by atoms with Gasteiger partial charge in [-0.05, 0) is 11.4 Å². The lowest BCUT2D eigenvalue weighted by atomic mass is 10.3. The van der Waals surface area contributed by atoms with Gasteiger partial charge in [0.25, 0.3) is 0 Å². The Kier molecular flexibility index (Phi) is 3.89. The van der Waals surface area contributed by atoms with Gasteiger partial charge in [-0.3, -0.25) is 0 Å². The molecule has 112 valence electrons. The molecule has 0 aliphatic rings. The molecule has 3 aromatic heterocycles. The van der Waals surface area contributed by atoms with E-state index in [4.69, 9.17) is 8.94 Å². The SMILES string of the molecule is Cc1nc(CCN(C)c2oc(-c3cccs3)nc2C#N)no1. The van der Waals surface area contributed by atoms with E-state index in [2.05, 4.69) is 21.2 Å². The summed E-state index contributed by atoms with van der Waals surface area (Å²) in [6.07, 6.45) is 0.591. The van der Waals surface area contributed by atoms with Crippen LogP contribution >= 0.6 is 11.3 Å². The van der Waals surface area contributed by atoms with Gasteiger partial charge >= 0.3 is 0 Å². The van der Waals surface area contributed by atoms with Crippen molar-refractivity contribution in [3.63, 3.8) is 0 Å². The molecule has 3 rings (SSSR count). The zero-order valence-corrected chi connectivity index (χ0v) is 12.9. The first kappa shape index (κ1) is 14.3. The van der Waals surface area contributed by atoms with E-state index < -0.39 is 0 Å². The predicted octanol–water partition coefficient (Wildman–Crippen LogP) is 2.65. The number of anilines is 1. The molecule has 8 heteroatoms. The standard InChI is InChI=1S/C14H13N5O2S/c1-9-16-12(18-21-9)5-6-19(2)14-10(8-15)17-13(20-14)11-4-3-7-22-11/h3-4,7H,5-6H2,1-2H3. The fourth-order valence-electron chi connectivity index (χ4n) is 1.96. The van der Waals surface area contributed by atoms with E-state index in [1.807, 2.05) is 29.5 Å². The Morgan fingerprint density at radius 3 is 2.91 bits per heavy atom. The Balaban J connectivity index is 1.77. The predicted molar refractivity (Wildman–Crippen MR) is 80.5 cm³/mol. The molecule has 0 radical (unpaired) electrons. The maximum atomic E-state index is 9.23. The van der Waals surface area contributed by atoms with Crippen molar-refractivity contribution in [3.05, 3.63) is 34.9 Å². The molecule has 0 atom stereocenters. The Morgan fingerprint density at radius 1 is 1.41 bits per heavy atom. The maximum Gasteiger partial charge on any atom is 0.240 e. The lowest BCUT2D eigenvalue weighted by Crippen LogP contribution is -2.21. The van der Waals surface area contributed by atoms with Gasteiger partial charge in [0.05, 0.1) is 4.88 Å². The quantitative estimate of drug-likeness (QED) is 0.714. The molecule has 0 aromatic carbocycles. The van der Waals surface area contributed by atoms with Crippen LogP contribution in [0.5, 0.6) is 0 Å². The van der Waals surface area contributed by atoms with Crippen molar-refractivity contribution in [2.45, 2.75) is 13.3 Å². The highest BCUT2D eigenvalue weighted by Gasteiger charge is 2.19. The Labute approximate surface area is 130 Å². The lowest BCUT2D eigenvalue weighted by molar-refractivity contribution is 0.387. The zero-order chi connectivity index (χ0) is 15.5. The van der Waals surface area contributed by atoms with Crippen LogP contribution in [0.2, 0.25) is 0 Å². The van der Waals surface area contributed by atoms with Gasteiger partial charge < -0.3 is 13.8 Å². The molecule has 3 aromatic rings. The Bertz CT molecular complexity index is 800. The molecule has 0 N–H and O–H groups in total. The van der Waals surface area contributed by atoms with Crippen LogP contribution in [0.25, 0.3) is 10.8 Å². The number of rotatable bonds is 5. The summed E-state index contributed by atoms with van der Waals surface area (Å²) in [5.41, 5.74) is 0.273. The van der Waals surface area contributed by atoms with E-state index >= 15 is 0 Å². The first-order valence-electron chi connectivity index (χ1n) is 6.62. The molecule has 0 amide bonds.